The summed E-state index contributed by atoms with van der Waals surface area (Å²) in [5, 5.41) is 0. The Morgan fingerprint density at radius 3 is 1.15 bits per heavy atom. The number of hydrogen-bond donors (Lipinski definition) is 0. The largest absolute Gasteiger partial charge is 0.426 e. The summed E-state index contributed by atoms with van der Waals surface area (Å²) in [4.78, 5) is 0. The second-order valence-corrected chi connectivity index (χ2v) is 34.7. The van der Waals surface area contributed by atoms with Crippen LogP contribution in [0.1, 0.15) is 217 Å². The Bertz CT molecular complexity index is 3560. The molecule has 92 heavy (non-hydrogen) atoms. The average molecular weight is 1300 g/mol. The summed E-state index contributed by atoms with van der Waals surface area (Å²) >= 11 is 0. The van der Waals surface area contributed by atoms with Gasteiger partial charge in [0.25, 0.3) is 0 Å². The van der Waals surface area contributed by atoms with Gasteiger partial charge in [-0.25, -0.2) is 0 Å². The quantitative estimate of drug-likeness (QED) is 0.0653. The molecule has 0 atom stereocenters. The average Bonchev–Trinajstić information content (AvgIpc) is 0.781. The van der Waals surface area contributed by atoms with Crippen molar-refractivity contribution < 1.29 is 40.7 Å². The Hall–Kier alpha value is -5.01. The first-order valence-electron chi connectivity index (χ1n) is 33.4. The lowest BCUT2D eigenvalue weighted by Crippen LogP contribution is -2.45. The van der Waals surface area contributed by atoms with Gasteiger partial charge in [-0.05, 0) is 92.1 Å². The van der Waals surface area contributed by atoms with Crippen molar-refractivity contribution in [3.63, 3.8) is 0 Å². The van der Waals surface area contributed by atoms with Crippen molar-refractivity contribution in [1.82, 2.24) is 0 Å². The maximum Gasteiger partial charge on any atom is 0.397 e. The Labute approximate surface area is 556 Å². The molecule has 7 aromatic rings. The predicted octanol–water partition coefficient (Wildman–Crippen LogP) is 22.3. The molecular weight excluding hydrogens is 1200 g/mol. The summed E-state index contributed by atoms with van der Waals surface area (Å²) in [6.45, 7) is 44.0. The molecule has 7 aromatic carbocycles. The zero-order valence-electron chi connectivity index (χ0n) is 58.4. The van der Waals surface area contributed by atoms with Gasteiger partial charge < -0.3 is 40.7 Å². The first-order chi connectivity index (χ1) is 43.4. The van der Waals surface area contributed by atoms with Crippen molar-refractivity contribution in [1.29, 1.82) is 0 Å². The van der Waals surface area contributed by atoms with Gasteiger partial charge in [0.05, 0.1) is 45.1 Å². The minimum absolute atomic E-state index is 0.0402. The molecule has 3 aliphatic heterocycles. The second kappa shape index (κ2) is 27.6. The van der Waals surface area contributed by atoms with Crippen LogP contribution in [0.15, 0.2) is 164 Å². The lowest BCUT2D eigenvalue weighted by Gasteiger charge is -2.42. The predicted molar refractivity (Wildman–Crippen MR) is 381 cm³/mol. The van der Waals surface area contributed by atoms with Gasteiger partial charge in [-0.15, -0.1) is 0 Å². The van der Waals surface area contributed by atoms with Crippen LogP contribution in [0.25, 0.3) is 0 Å². The fraction of sp³-hybridized carbons (Fsp3) is 0.475. The van der Waals surface area contributed by atoms with Crippen LogP contribution in [-0.4, -0.2) is 39.6 Å². The maximum atomic E-state index is 6.97. The molecule has 0 aliphatic carbocycles. The van der Waals surface area contributed by atoms with Gasteiger partial charge in [-0.2, -0.15) is 0 Å². The molecule has 492 valence electrons. The zero-order chi connectivity index (χ0) is 66.1. The third-order valence-corrected chi connectivity index (χ3v) is 23.3. The van der Waals surface area contributed by atoms with Crippen LogP contribution in [0, 0.1) is 10.8 Å². The summed E-state index contributed by atoms with van der Waals surface area (Å²) in [6, 6.07) is 59.2. The second-order valence-electron chi connectivity index (χ2n) is 31.2. The molecule has 3 saturated heterocycles. The van der Waals surface area contributed by atoms with Crippen molar-refractivity contribution in [3.8, 4) is 17.2 Å². The van der Waals surface area contributed by atoms with E-state index in [2.05, 4.69) is 288 Å². The van der Waals surface area contributed by atoms with Crippen molar-refractivity contribution >= 4 is 25.8 Å². The molecule has 0 amide bonds. The molecule has 0 unspecified atom stereocenters. The summed E-state index contributed by atoms with van der Waals surface area (Å²) in [5.74, 6) is 2.37. The Balaban J connectivity index is 0.872. The van der Waals surface area contributed by atoms with Gasteiger partial charge in [0.1, 0.15) is 17.2 Å². The van der Waals surface area contributed by atoms with Gasteiger partial charge in [0.2, 0.25) is 0 Å². The van der Waals surface area contributed by atoms with E-state index in [9.17, 15) is 0 Å². The van der Waals surface area contributed by atoms with E-state index in [0.29, 0.717) is 39.6 Å². The van der Waals surface area contributed by atoms with Crippen LogP contribution in [0.3, 0.4) is 0 Å². The number of unbranched alkanes of at least 4 members (excludes halogenated alkanes) is 1. The molecule has 0 saturated carbocycles. The molecule has 1 spiro atoms. The van der Waals surface area contributed by atoms with Crippen molar-refractivity contribution in [3.05, 3.63) is 231 Å². The first-order valence-corrected chi connectivity index (χ1v) is 36.7. The highest BCUT2D eigenvalue weighted by molar-refractivity contribution is 7.42. The topological polar surface area (TPSA) is 83.1 Å². The third kappa shape index (κ3) is 15.3. The fourth-order valence-electron chi connectivity index (χ4n) is 13.1. The summed E-state index contributed by atoms with van der Waals surface area (Å²) in [7, 11) is -5.06. The van der Waals surface area contributed by atoms with E-state index in [1.807, 2.05) is 0 Å². The Morgan fingerprint density at radius 1 is 0.370 bits per heavy atom. The highest BCUT2D eigenvalue weighted by Gasteiger charge is 2.47. The summed E-state index contributed by atoms with van der Waals surface area (Å²) in [6.07, 6.45) is 5.28. The van der Waals surface area contributed by atoms with E-state index >= 15 is 0 Å². The molecule has 12 heteroatoms. The molecular formula is C80H103O9P3. The van der Waals surface area contributed by atoms with E-state index in [1.54, 1.807) is 0 Å². The van der Waals surface area contributed by atoms with Gasteiger partial charge in [-0.1, -0.05) is 289 Å². The molecule has 0 N–H and O–H groups in total. The van der Waals surface area contributed by atoms with E-state index in [4.69, 9.17) is 40.7 Å². The van der Waals surface area contributed by atoms with Crippen molar-refractivity contribution in [2.45, 2.75) is 195 Å². The van der Waals surface area contributed by atoms with E-state index in [1.165, 1.54) is 62.1 Å². The molecule has 3 aliphatic rings. The number of hydrogen-bond acceptors (Lipinski definition) is 9. The highest BCUT2D eigenvalue weighted by Crippen LogP contribution is 2.58. The molecule has 0 radical (unpaired) electrons. The fourth-order valence-corrected chi connectivity index (χ4v) is 16.9. The Kier molecular flexibility index (Phi) is 21.0. The van der Waals surface area contributed by atoms with Gasteiger partial charge in [-0.3, -0.25) is 0 Å². The maximum absolute atomic E-state index is 6.97. The zero-order valence-corrected chi connectivity index (χ0v) is 61.1. The monoisotopic (exact) mass is 1300 g/mol. The van der Waals surface area contributed by atoms with E-state index in [-0.39, 0.29) is 37.9 Å². The van der Waals surface area contributed by atoms with E-state index in [0.717, 1.165) is 54.1 Å². The smallest absolute Gasteiger partial charge is 0.397 e. The van der Waals surface area contributed by atoms with Crippen LogP contribution >= 0.6 is 25.8 Å². The molecule has 0 aromatic heterocycles. The molecule has 0 bridgehead atoms. The molecule has 3 fully saturated rings. The van der Waals surface area contributed by atoms with Crippen LogP contribution in [0.2, 0.25) is 0 Å². The molecule has 10 rings (SSSR count). The first kappa shape index (κ1) is 69.8. The van der Waals surface area contributed by atoms with Gasteiger partial charge in [0, 0.05) is 49.3 Å². The number of benzene rings is 7. The molecule has 3 heterocycles. The lowest BCUT2D eigenvalue weighted by molar-refractivity contribution is -0.0673. The lowest BCUT2D eigenvalue weighted by atomic mass is 9.71. The summed E-state index contributed by atoms with van der Waals surface area (Å²) in [5.41, 5.74) is 11.6. The van der Waals surface area contributed by atoms with Gasteiger partial charge in [0.15, 0.2) is 0 Å². The van der Waals surface area contributed by atoms with Gasteiger partial charge >= 0.3 is 25.8 Å². The SMILES string of the molecule is CCCCC1(CC)COP(Oc2c(C(C)(C)C)cc(C(C)(C)Cc3cccc(C(C)(C)c4cc(C(C)(C)c5ccccc5)ccc4OP4OCC5(COP(Oc6ccc(C(C)(C)c7ccccc7)cc6C(C)(C)c6ccccc6)OC5)CO4)c3)cc2C(C)(C)C)OC1. The minimum Gasteiger partial charge on any atom is -0.426 e. The van der Waals surface area contributed by atoms with Crippen LogP contribution < -0.4 is 13.6 Å². The highest BCUT2D eigenvalue weighted by atomic mass is 31.2. The van der Waals surface area contributed by atoms with Crippen LogP contribution in [0.5, 0.6) is 17.2 Å². The van der Waals surface area contributed by atoms with Crippen LogP contribution in [0.4, 0.5) is 0 Å². The number of rotatable bonds is 21. The third-order valence-electron chi connectivity index (χ3n) is 20.2. The van der Waals surface area contributed by atoms with Crippen molar-refractivity contribution in [2.75, 3.05) is 39.6 Å². The van der Waals surface area contributed by atoms with Crippen molar-refractivity contribution in [2.24, 2.45) is 10.8 Å². The van der Waals surface area contributed by atoms with E-state index < -0.39 is 36.6 Å². The normalized spacial score (nSPS) is 21.3. The van der Waals surface area contributed by atoms with Crippen LogP contribution in [-0.2, 0) is 71.5 Å². The minimum atomic E-state index is -1.78. The summed E-state index contributed by atoms with van der Waals surface area (Å²) < 4.78 is 60.0. The Morgan fingerprint density at radius 2 is 0.739 bits per heavy atom. The molecule has 9 nitrogen and oxygen atoms in total. The standard InChI is InChI=1S/C80H103O9P3/c1-19-21-44-79(20-2)51-81-92(82-52-79)89-71-67(72(3,4)5)48-64(49-68(71)73(6,7)8)74(9,10)50-57-32-31-39-61(45-57)78(17,18)66-47-63(76(13,14)59-35-27-23-28-36-59)41-43-70(66)88-91-85-55-80(56-86-91)53-83-90(84-54-80)87-69-42-40-62(75(11,12)58-33-25-22-26-34-58)46-65(69)77(15,16)60-37-29-24-30-38-60/h22-43,45-49H,19-21,44,50-56H2,1-18H3.